The number of rotatable bonds is 3. The molecule has 0 spiro atoms. The molecular weight excluding hydrogens is 344 g/mol. The van der Waals surface area contributed by atoms with Crippen LogP contribution in [0.25, 0.3) is 11.0 Å². The smallest absolute Gasteiger partial charge is 0.272 e. The standard InChI is InChI=1S/C20H20N4O3/c1-13-12-15(6-7-18(13)24(26)27)20(25)23-10-8-14(9-11-23)19-21-16-4-2-3-5-17(16)22-19/h2-7,12,14H,8-11H2,1H3,(H,21,22). The number of hydrogen-bond donors (Lipinski definition) is 1. The maximum atomic E-state index is 12.7. The number of piperidine rings is 1. The summed E-state index contributed by atoms with van der Waals surface area (Å²) >= 11 is 0. The van der Waals surface area contributed by atoms with E-state index in [2.05, 4.69) is 9.97 Å². The molecule has 27 heavy (non-hydrogen) atoms. The van der Waals surface area contributed by atoms with Crippen molar-refractivity contribution in [3.63, 3.8) is 0 Å². The second-order valence-corrected chi connectivity index (χ2v) is 6.96. The third-order valence-electron chi connectivity index (χ3n) is 5.22. The molecule has 0 aliphatic carbocycles. The summed E-state index contributed by atoms with van der Waals surface area (Å²) in [5.41, 5.74) is 3.04. The summed E-state index contributed by atoms with van der Waals surface area (Å²) < 4.78 is 0. The van der Waals surface area contributed by atoms with Crippen LogP contribution in [0.4, 0.5) is 5.69 Å². The first-order valence-electron chi connectivity index (χ1n) is 9.02. The van der Waals surface area contributed by atoms with Crippen LogP contribution >= 0.6 is 0 Å². The summed E-state index contributed by atoms with van der Waals surface area (Å²) in [5, 5.41) is 10.9. The van der Waals surface area contributed by atoms with E-state index in [1.54, 1.807) is 19.1 Å². The fourth-order valence-corrected chi connectivity index (χ4v) is 3.70. The van der Waals surface area contributed by atoms with E-state index in [0.29, 0.717) is 30.1 Å². The number of nitro groups is 1. The van der Waals surface area contributed by atoms with Crippen molar-refractivity contribution in [2.24, 2.45) is 0 Å². The number of aryl methyl sites for hydroxylation is 1. The van der Waals surface area contributed by atoms with Gasteiger partial charge in [0, 0.05) is 36.2 Å². The van der Waals surface area contributed by atoms with E-state index in [-0.39, 0.29) is 11.6 Å². The number of nitro benzene ring substituents is 1. The molecule has 138 valence electrons. The zero-order chi connectivity index (χ0) is 19.0. The average molecular weight is 364 g/mol. The minimum Gasteiger partial charge on any atom is -0.342 e. The predicted molar refractivity (Wildman–Crippen MR) is 102 cm³/mol. The van der Waals surface area contributed by atoms with Gasteiger partial charge in [-0.05, 0) is 44.0 Å². The number of para-hydroxylation sites is 2. The number of aromatic nitrogens is 2. The van der Waals surface area contributed by atoms with E-state index in [0.717, 1.165) is 29.7 Å². The number of carbonyl (C=O) groups is 1. The van der Waals surface area contributed by atoms with Gasteiger partial charge in [0.15, 0.2) is 0 Å². The molecule has 1 fully saturated rings. The van der Waals surface area contributed by atoms with Crippen molar-refractivity contribution < 1.29 is 9.72 Å². The minimum absolute atomic E-state index is 0.0372. The van der Waals surface area contributed by atoms with Crippen molar-refractivity contribution in [3.8, 4) is 0 Å². The number of carbonyl (C=O) groups excluding carboxylic acids is 1. The fraction of sp³-hybridized carbons (Fsp3) is 0.300. The number of fused-ring (bicyclic) bond motifs is 1. The number of amides is 1. The monoisotopic (exact) mass is 364 g/mol. The highest BCUT2D eigenvalue weighted by molar-refractivity contribution is 5.94. The lowest BCUT2D eigenvalue weighted by Gasteiger charge is -2.31. The Morgan fingerprint density at radius 3 is 2.63 bits per heavy atom. The summed E-state index contributed by atoms with van der Waals surface area (Å²) in [6.07, 6.45) is 1.69. The third-order valence-corrected chi connectivity index (χ3v) is 5.22. The van der Waals surface area contributed by atoms with Gasteiger partial charge in [0.25, 0.3) is 11.6 Å². The van der Waals surface area contributed by atoms with Crippen LogP contribution in [0.2, 0.25) is 0 Å². The molecule has 0 bridgehead atoms. The van der Waals surface area contributed by atoms with Crippen LogP contribution in [0.3, 0.4) is 0 Å². The number of imidazole rings is 1. The lowest BCUT2D eigenvalue weighted by Crippen LogP contribution is -2.38. The molecule has 2 heterocycles. The Labute approximate surface area is 156 Å². The van der Waals surface area contributed by atoms with Gasteiger partial charge in [0.2, 0.25) is 0 Å². The molecule has 0 radical (unpaired) electrons. The zero-order valence-electron chi connectivity index (χ0n) is 15.0. The van der Waals surface area contributed by atoms with Crippen LogP contribution in [0, 0.1) is 17.0 Å². The third kappa shape index (κ3) is 3.28. The maximum absolute atomic E-state index is 12.7. The molecule has 0 saturated carbocycles. The quantitative estimate of drug-likeness (QED) is 0.565. The van der Waals surface area contributed by atoms with Crippen molar-refractivity contribution in [3.05, 3.63) is 69.5 Å². The van der Waals surface area contributed by atoms with Gasteiger partial charge in [0.1, 0.15) is 5.82 Å². The Morgan fingerprint density at radius 2 is 1.96 bits per heavy atom. The molecule has 1 aliphatic heterocycles. The Morgan fingerprint density at radius 1 is 1.22 bits per heavy atom. The molecule has 1 aromatic heterocycles. The first kappa shape index (κ1) is 17.2. The molecule has 1 N–H and O–H groups in total. The number of likely N-dealkylation sites (tertiary alicyclic amines) is 1. The number of hydrogen-bond acceptors (Lipinski definition) is 4. The van der Waals surface area contributed by atoms with E-state index in [9.17, 15) is 14.9 Å². The van der Waals surface area contributed by atoms with Crippen molar-refractivity contribution in [2.75, 3.05) is 13.1 Å². The molecule has 4 rings (SSSR count). The molecule has 7 nitrogen and oxygen atoms in total. The zero-order valence-corrected chi connectivity index (χ0v) is 15.0. The van der Waals surface area contributed by atoms with Gasteiger partial charge in [-0.2, -0.15) is 0 Å². The number of aromatic amines is 1. The average Bonchev–Trinajstić information content (AvgIpc) is 3.11. The van der Waals surface area contributed by atoms with Gasteiger partial charge in [-0.25, -0.2) is 4.98 Å². The lowest BCUT2D eigenvalue weighted by atomic mass is 9.95. The number of nitrogens with one attached hydrogen (secondary N) is 1. The van der Waals surface area contributed by atoms with E-state index >= 15 is 0 Å². The van der Waals surface area contributed by atoms with Crippen LogP contribution in [-0.4, -0.2) is 38.8 Å². The minimum atomic E-state index is -0.428. The number of nitrogens with zero attached hydrogens (tertiary/aromatic N) is 3. The molecule has 1 aliphatic rings. The SMILES string of the molecule is Cc1cc(C(=O)N2CCC(c3nc4ccccc4[nH]3)CC2)ccc1[N+](=O)[O-]. The first-order valence-corrected chi connectivity index (χ1v) is 9.02. The van der Waals surface area contributed by atoms with Gasteiger partial charge >= 0.3 is 0 Å². The number of benzene rings is 2. The fourth-order valence-electron chi connectivity index (χ4n) is 3.70. The predicted octanol–water partition coefficient (Wildman–Crippen LogP) is 3.80. The van der Waals surface area contributed by atoms with Crippen molar-refractivity contribution >= 4 is 22.6 Å². The van der Waals surface area contributed by atoms with Gasteiger partial charge in [-0.1, -0.05) is 12.1 Å². The maximum Gasteiger partial charge on any atom is 0.272 e. The van der Waals surface area contributed by atoms with E-state index in [4.69, 9.17) is 0 Å². The van der Waals surface area contributed by atoms with Crippen molar-refractivity contribution in [1.82, 2.24) is 14.9 Å². The van der Waals surface area contributed by atoms with Crippen molar-refractivity contribution in [2.45, 2.75) is 25.7 Å². The highest BCUT2D eigenvalue weighted by Gasteiger charge is 2.27. The summed E-state index contributed by atoms with van der Waals surface area (Å²) in [5.74, 6) is 1.21. The van der Waals surface area contributed by atoms with Gasteiger partial charge in [-0.15, -0.1) is 0 Å². The largest absolute Gasteiger partial charge is 0.342 e. The van der Waals surface area contributed by atoms with Crippen LogP contribution < -0.4 is 0 Å². The molecule has 0 unspecified atom stereocenters. The summed E-state index contributed by atoms with van der Waals surface area (Å²) in [4.78, 5) is 33.1. The van der Waals surface area contributed by atoms with E-state index < -0.39 is 4.92 Å². The topological polar surface area (TPSA) is 92.1 Å². The Bertz CT molecular complexity index is 986. The first-order chi connectivity index (χ1) is 13.0. The Kier molecular flexibility index (Phi) is 4.35. The molecule has 7 heteroatoms. The molecule has 1 amide bonds. The highest BCUT2D eigenvalue weighted by atomic mass is 16.6. The second-order valence-electron chi connectivity index (χ2n) is 6.96. The van der Waals surface area contributed by atoms with E-state index in [1.165, 1.54) is 6.07 Å². The normalized spacial score (nSPS) is 15.2. The molecular formula is C20H20N4O3. The Balaban J connectivity index is 1.45. The van der Waals surface area contributed by atoms with E-state index in [1.807, 2.05) is 29.2 Å². The van der Waals surface area contributed by atoms with Gasteiger partial charge < -0.3 is 9.88 Å². The molecule has 3 aromatic rings. The van der Waals surface area contributed by atoms with Gasteiger partial charge in [-0.3, -0.25) is 14.9 Å². The summed E-state index contributed by atoms with van der Waals surface area (Å²) in [6, 6.07) is 12.5. The van der Waals surface area contributed by atoms with Crippen LogP contribution in [0.5, 0.6) is 0 Å². The van der Waals surface area contributed by atoms with Crippen LogP contribution in [0.1, 0.15) is 40.5 Å². The highest BCUT2D eigenvalue weighted by Crippen LogP contribution is 2.29. The summed E-state index contributed by atoms with van der Waals surface area (Å²) in [7, 11) is 0. The summed E-state index contributed by atoms with van der Waals surface area (Å²) in [6.45, 7) is 2.95. The Hall–Kier alpha value is -3.22. The molecule has 1 saturated heterocycles. The van der Waals surface area contributed by atoms with Crippen LogP contribution in [-0.2, 0) is 0 Å². The number of H-pyrrole nitrogens is 1. The van der Waals surface area contributed by atoms with Gasteiger partial charge in [0.05, 0.1) is 16.0 Å². The lowest BCUT2D eigenvalue weighted by molar-refractivity contribution is -0.385. The van der Waals surface area contributed by atoms with Crippen molar-refractivity contribution in [1.29, 1.82) is 0 Å². The second kappa shape index (κ2) is 6.83. The van der Waals surface area contributed by atoms with Crippen LogP contribution in [0.15, 0.2) is 42.5 Å². The molecule has 0 atom stereocenters. The molecule has 2 aromatic carbocycles.